The molecule has 23 heavy (non-hydrogen) atoms. The van der Waals surface area contributed by atoms with Gasteiger partial charge in [0.15, 0.2) is 5.16 Å². The molecule has 2 aromatic heterocycles. The number of benzene rings is 2. The lowest BCUT2D eigenvalue weighted by Crippen LogP contribution is -1.98. The summed E-state index contributed by atoms with van der Waals surface area (Å²) in [5.41, 5.74) is 6.06. The zero-order chi connectivity index (χ0) is 15.8. The summed E-state index contributed by atoms with van der Waals surface area (Å²) in [4.78, 5) is 14.1. The number of aryl methyl sites for hydroxylation is 2. The second-order valence-electron chi connectivity index (χ2n) is 5.48. The van der Waals surface area contributed by atoms with E-state index in [0.717, 1.165) is 44.4 Å². The standard InChI is InChI=1S/C18H16N4S/c1-12-16(20-14-8-4-3-7-13(14)19-12)11-23-18-21-15-9-5-6-10-17(15)22(18)2/h3-10H,11H2,1-2H3. The van der Waals surface area contributed by atoms with Crippen molar-refractivity contribution < 1.29 is 0 Å². The van der Waals surface area contributed by atoms with Crippen molar-refractivity contribution in [1.29, 1.82) is 0 Å². The Bertz CT molecular complexity index is 1010. The van der Waals surface area contributed by atoms with Crippen LogP contribution in [0.3, 0.4) is 0 Å². The molecule has 0 saturated carbocycles. The molecule has 0 N–H and O–H groups in total. The molecule has 114 valence electrons. The van der Waals surface area contributed by atoms with Gasteiger partial charge >= 0.3 is 0 Å². The van der Waals surface area contributed by atoms with Gasteiger partial charge in [-0.2, -0.15) is 0 Å². The van der Waals surface area contributed by atoms with E-state index >= 15 is 0 Å². The van der Waals surface area contributed by atoms with Gasteiger partial charge in [0.05, 0.1) is 33.5 Å². The average molecular weight is 320 g/mol. The predicted molar refractivity (Wildman–Crippen MR) is 94.6 cm³/mol. The number of fused-ring (bicyclic) bond motifs is 2. The van der Waals surface area contributed by atoms with E-state index < -0.39 is 0 Å². The fourth-order valence-corrected chi connectivity index (χ4v) is 3.64. The molecule has 0 radical (unpaired) electrons. The number of imidazole rings is 1. The summed E-state index contributed by atoms with van der Waals surface area (Å²) in [5.74, 6) is 0.765. The summed E-state index contributed by atoms with van der Waals surface area (Å²) in [7, 11) is 2.05. The first-order chi connectivity index (χ1) is 11.2. The van der Waals surface area contributed by atoms with Crippen molar-refractivity contribution >= 4 is 33.8 Å². The van der Waals surface area contributed by atoms with E-state index in [9.17, 15) is 0 Å². The van der Waals surface area contributed by atoms with Gasteiger partial charge in [0.2, 0.25) is 0 Å². The van der Waals surface area contributed by atoms with E-state index in [0.29, 0.717) is 0 Å². The quantitative estimate of drug-likeness (QED) is 0.533. The summed E-state index contributed by atoms with van der Waals surface area (Å²) in [6.07, 6.45) is 0. The highest BCUT2D eigenvalue weighted by Crippen LogP contribution is 2.26. The predicted octanol–water partition coefficient (Wildman–Crippen LogP) is 4.12. The van der Waals surface area contributed by atoms with Gasteiger partial charge in [0.1, 0.15) is 0 Å². The van der Waals surface area contributed by atoms with Crippen LogP contribution in [0, 0.1) is 6.92 Å². The lowest BCUT2D eigenvalue weighted by molar-refractivity contribution is 0.814. The van der Waals surface area contributed by atoms with E-state index in [4.69, 9.17) is 9.97 Å². The molecule has 0 atom stereocenters. The molecule has 0 fully saturated rings. The molecule has 0 saturated heterocycles. The molecule has 0 aliphatic heterocycles. The lowest BCUT2D eigenvalue weighted by Gasteiger charge is -2.06. The highest BCUT2D eigenvalue weighted by molar-refractivity contribution is 7.98. The molecule has 2 aromatic carbocycles. The van der Waals surface area contributed by atoms with Gasteiger partial charge in [0, 0.05) is 12.8 Å². The molecule has 0 bridgehead atoms. The highest BCUT2D eigenvalue weighted by atomic mass is 32.2. The second kappa shape index (κ2) is 5.66. The maximum Gasteiger partial charge on any atom is 0.169 e. The Kier molecular flexibility index (Phi) is 3.50. The van der Waals surface area contributed by atoms with Crippen LogP contribution in [-0.4, -0.2) is 19.5 Å². The highest BCUT2D eigenvalue weighted by Gasteiger charge is 2.10. The summed E-state index contributed by atoms with van der Waals surface area (Å²) in [6.45, 7) is 2.02. The molecule has 0 aliphatic carbocycles. The number of aromatic nitrogens is 4. The molecule has 4 rings (SSSR count). The Labute approximate surface area is 138 Å². The van der Waals surface area contributed by atoms with Gasteiger partial charge in [0.25, 0.3) is 0 Å². The third-order valence-electron chi connectivity index (χ3n) is 3.93. The topological polar surface area (TPSA) is 43.6 Å². The summed E-state index contributed by atoms with van der Waals surface area (Å²) >= 11 is 1.70. The van der Waals surface area contributed by atoms with Crippen LogP contribution in [0.4, 0.5) is 0 Å². The van der Waals surface area contributed by atoms with E-state index in [1.54, 1.807) is 11.8 Å². The number of nitrogens with zero attached hydrogens (tertiary/aromatic N) is 4. The van der Waals surface area contributed by atoms with Gasteiger partial charge in [-0.1, -0.05) is 36.0 Å². The first kappa shape index (κ1) is 14.2. The van der Waals surface area contributed by atoms with Crippen molar-refractivity contribution in [2.75, 3.05) is 0 Å². The van der Waals surface area contributed by atoms with Crippen LogP contribution >= 0.6 is 11.8 Å². The van der Waals surface area contributed by atoms with Crippen molar-refractivity contribution in [3.63, 3.8) is 0 Å². The second-order valence-corrected chi connectivity index (χ2v) is 6.42. The molecular weight excluding hydrogens is 304 g/mol. The minimum atomic E-state index is 0.765. The summed E-state index contributed by atoms with van der Waals surface area (Å²) in [5, 5.41) is 1.00. The third-order valence-corrected chi connectivity index (χ3v) is 4.97. The number of hydrogen-bond donors (Lipinski definition) is 0. The first-order valence-corrected chi connectivity index (χ1v) is 8.47. The van der Waals surface area contributed by atoms with E-state index in [1.165, 1.54) is 0 Å². The molecule has 0 unspecified atom stereocenters. The Hall–Kier alpha value is -2.40. The van der Waals surface area contributed by atoms with Gasteiger partial charge in [-0.05, 0) is 31.2 Å². The molecule has 0 aliphatic rings. The zero-order valence-electron chi connectivity index (χ0n) is 13.0. The monoisotopic (exact) mass is 320 g/mol. The molecule has 2 heterocycles. The molecule has 0 amide bonds. The van der Waals surface area contributed by atoms with Crippen LogP contribution in [0.1, 0.15) is 11.4 Å². The number of rotatable bonds is 3. The van der Waals surface area contributed by atoms with Crippen molar-refractivity contribution in [3.05, 3.63) is 59.9 Å². The van der Waals surface area contributed by atoms with Crippen molar-refractivity contribution in [3.8, 4) is 0 Å². The maximum absolute atomic E-state index is 4.75. The SMILES string of the molecule is Cc1nc2ccccc2nc1CSc1nc2ccccc2n1C. The molecular formula is C18H16N4S. The minimum absolute atomic E-state index is 0.765. The maximum atomic E-state index is 4.75. The van der Waals surface area contributed by atoms with E-state index in [1.807, 2.05) is 49.4 Å². The van der Waals surface area contributed by atoms with Gasteiger partial charge < -0.3 is 4.57 Å². The largest absolute Gasteiger partial charge is 0.322 e. The van der Waals surface area contributed by atoms with E-state index in [2.05, 4.69) is 22.7 Å². The smallest absolute Gasteiger partial charge is 0.169 e. The average Bonchev–Trinajstić information content (AvgIpc) is 2.89. The normalized spacial score (nSPS) is 11.4. The number of para-hydroxylation sites is 4. The fraction of sp³-hybridized carbons (Fsp3) is 0.167. The van der Waals surface area contributed by atoms with Crippen molar-refractivity contribution in [1.82, 2.24) is 19.5 Å². The van der Waals surface area contributed by atoms with Gasteiger partial charge in [-0.15, -0.1) is 0 Å². The van der Waals surface area contributed by atoms with Crippen LogP contribution in [0.5, 0.6) is 0 Å². The Balaban J connectivity index is 1.65. The Morgan fingerprint density at radius 1 is 0.870 bits per heavy atom. The van der Waals surface area contributed by atoms with Gasteiger partial charge in [-0.3, -0.25) is 0 Å². The Morgan fingerprint density at radius 2 is 1.52 bits per heavy atom. The van der Waals surface area contributed by atoms with Crippen molar-refractivity contribution in [2.24, 2.45) is 7.05 Å². The molecule has 0 spiro atoms. The zero-order valence-corrected chi connectivity index (χ0v) is 13.8. The fourth-order valence-electron chi connectivity index (χ4n) is 2.65. The number of thioether (sulfide) groups is 1. The molecule has 4 nitrogen and oxygen atoms in total. The molecule has 4 aromatic rings. The number of hydrogen-bond acceptors (Lipinski definition) is 4. The summed E-state index contributed by atoms with van der Waals surface area (Å²) in [6, 6.07) is 16.2. The van der Waals surface area contributed by atoms with Crippen LogP contribution in [-0.2, 0) is 12.8 Å². The van der Waals surface area contributed by atoms with Crippen LogP contribution in [0.15, 0.2) is 53.7 Å². The summed E-state index contributed by atoms with van der Waals surface area (Å²) < 4.78 is 2.13. The van der Waals surface area contributed by atoms with E-state index in [-0.39, 0.29) is 0 Å². The molecule has 5 heteroatoms. The van der Waals surface area contributed by atoms with Gasteiger partial charge in [-0.25, -0.2) is 15.0 Å². The lowest BCUT2D eigenvalue weighted by atomic mass is 10.2. The van der Waals surface area contributed by atoms with Crippen molar-refractivity contribution in [2.45, 2.75) is 17.8 Å². The third kappa shape index (κ3) is 2.57. The van der Waals surface area contributed by atoms with Crippen LogP contribution in [0.2, 0.25) is 0 Å². The van der Waals surface area contributed by atoms with Crippen LogP contribution in [0.25, 0.3) is 22.1 Å². The minimum Gasteiger partial charge on any atom is -0.322 e. The first-order valence-electron chi connectivity index (χ1n) is 7.49. The Morgan fingerprint density at radius 3 is 2.26 bits per heavy atom. The van der Waals surface area contributed by atoms with Crippen LogP contribution < -0.4 is 0 Å².